The molecule has 6 heteroatoms. The largest absolute Gasteiger partial charge is 0.350 e. The van der Waals surface area contributed by atoms with Crippen LogP contribution < -0.4 is 5.32 Å². The van der Waals surface area contributed by atoms with E-state index in [9.17, 15) is 4.79 Å². The average molecular weight is 345 g/mol. The second kappa shape index (κ2) is 6.84. The van der Waals surface area contributed by atoms with Gasteiger partial charge in [-0.25, -0.2) is 9.97 Å². The molecule has 2 heterocycles. The highest BCUT2D eigenvalue weighted by Crippen LogP contribution is 2.18. The van der Waals surface area contributed by atoms with Crippen LogP contribution in [0.4, 0.5) is 0 Å². The monoisotopic (exact) mass is 345 g/mol. The Bertz CT molecular complexity index is 1020. The first kappa shape index (κ1) is 16.1. The fraction of sp³-hybridized carbons (Fsp3) is 0.150. The van der Waals surface area contributed by atoms with Gasteiger partial charge in [0.2, 0.25) is 5.91 Å². The van der Waals surface area contributed by atoms with Crippen molar-refractivity contribution < 1.29 is 4.79 Å². The lowest BCUT2D eigenvalue weighted by Gasteiger charge is -2.13. The minimum Gasteiger partial charge on any atom is -0.350 e. The molecule has 0 unspecified atom stereocenters. The average Bonchev–Trinajstić information content (AvgIpc) is 3.36. The van der Waals surface area contributed by atoms with Gasteiger partial charge in [0, 0.05) is 24.6 Å². The highest BCUT2D eigenvalue weighted by atomic mass is 16.2. The second-order valence-electron chi connectivity index (χ2n) is 6.17. The molecule has 2 aromatic carbocycles. The summed E-state index contributed by atoms with van der Waals surface area (Å²) in [5.41, 5.74) is 4.13. The lowest BCUT2D eigenvalue weighted by molar-refractivity contribution is -0.124. The van der Waals surface area contributed by atoms with Crippen molar-refractivity contribution in [2.24, 2.45) is 0 Å². The quantitative estimate of drug-likeness (QED) is 0.604. The molecule has 0 saturated carbocycles. The maximum Gasteiger partial charge on any atom is 0.243 e. The summed E-state index contributed by atoms with van der Waals surface area (Å²) in [4.78, 5) is 20.6. The number of nitrogens with zero attached hydrogens (tertiary/aromatic N) is 4. The minimum absolute atomic E-state index is 0.0346. The normalized spacial score (nSPS) is 12.2. The lowest BCUT2D eigenvalue weighted by atomic mass is 10.2. The summed E-state index contributed by atoms with van der Waals surface area (Å²) in [5, 5.41) is 2.96. The van der Waals surface area contributed by atoms with Gasteiger partial charge in [-0.15, -0.1) is 0 Å². The number of hydrogen-bond acceptors (Lipinski definition) is 3. The first-order valence-electron chi connectivity index (χ1n) is 8.49. The third kappa shape index (κ3) is 3.09. The van der Waals surface area contributed by atoms with Crippen LogP contribution in [0.3, 0.4) is 0 Å². The van der Waals surface area contributed by atoms with Crippen molar-refractivity contribution in [2.75, 3.05) is 0 Å². The Kier molecular flexibility index (Phi) is 4.23. The number of fused-ring (bicyclic) bond motifs is 1. The van der Waals surface area contributed by atoms with E-state index in [2.05, 4.69) is 19.9 Å². The molecule has 1 atom stereocenters. The van der Waals surface area contributed by atoms with Crippen molar-refractivity contribution in [1.82, 2.24) is 24.4 Å². The zero-order valence-electron chi connectivity index (χ0n) is 14.4. The molecule has 0 aliphatic rings. The number of imidazole rings is 2. The van der Waals surface area contributed by atoms with Crippen LogP contribution in [0.5, 0.6) is 0 Å². The van der Waals surface area contributed by atoms with Crippen LogP contribution in [0.2, 0.25) is 0 Å². The zero-order valence-corrected chi connectivity index (χ0v) is 14.4. The summed E-state index contributed by atoms with van der Waals surface area (Å²) in [6.07, 6.45) is 6.93. The van der Waals surface area contributed by atoms with E-state index in [1.54, 1.807) is 23.3 Å². The molecule has 4 rings (SSSR count). The third-order valence-corrected chi connectivity index (χ3v) is 4.49. The van der Waals surface area contributed by atoms with Crippen molar-refractivity contribution >= 4 is 16.9 Å². The number of hydrogen-bond donors (Lipinski definition) is 1. The van der Waals surface area contributed by atoms with E-state index in [0.717, 1.165) is 22.3 Å². The number of carbonyl (C=O) groups is 1. The van der Waals surface area contributed by atoms with Crippen LogP contribution in [-0.2, 0) is 11.3 Å². The van der Waals surface area contributed by atoms with Gasteiger partial charge in [-0.1, -0.05) is 24.3 Å². The van der Waals surface area contributed by atoms with Crippen LogP contribution in [0.25, 0.3) is 16.7 Å². The Morgan fingerprint density at radius 1 is 1.12 bits per heavy atom. The van der Waals surface area contributed by atoms with Crippen molar-refractivity contribution in [3.05, 3.63) is 79.1 Å². The van der Waals surface area contributed by atoms with E-state index in [-0.39, 0.29) is 11.9 Å². The van der Waals surface area contributed by atoms with Crippen molar-refractivity contribution in [2.45, 2.75) is 19.5 Å². The number of aromatic nitrogens is 4. The maximum atomic E-state index is 12.2. The van der Waals surface area contributed by atoms with Crippen LogP contribution in [0, 0.1) is 0 Å². The molecule has 0 fully saturated rings. The van der Waals surface area contributed by atoms with Crippen molar-refractivity contribution in [1.29, 1.82) is 0 Å². The van der Waals surface area contributed by atoms with E-state index >= 15 is 0 Å². The molecule has 0 radical (unpaired) electrons. The van der Waals surface area contributed by atoms with Gasteiger partial charge in [0.1, 0.15) is 12.4 Å². The molecule has 1 N–H and O–H groups in total. The molecule has 6 nitrogen and oxygen atoms in total. The van der Waals surface area contributed by atoms with E-state index in [4.69, 9.17) is 0 Å². The SMILES string of the molecule is C[C@H](C(=O)NCc1ccc(-n2cnc3ccccc32)cc1)n1ccnc1. The number of rotatable bonds is 5. The summed E-state index contributed by atoms with van der Waals surface area (Å²) in [7, 11) is 0. The van der Waals surface area contributed by atoms with Crippen LogP contribution in [0.15, 0.2) is 73.6 Å². The number of benzene rings is 2. The number of amides is 1. The lowest BCUT2D eigenvalue weighted by Crippen LogP contribution is -2.30. The topological polar surface area (TPSA) is 64.7 Å². The first-order chi connectivity index (χ1) is 12.7. The van der Waals surface area contributed by atoms with Gasteiger partial charge in [-0.3, -0.25) is 9.36 Å². The Morgan fingerprint density at radius 3 is 2.69 bits per heavy atom. The summed E-state index contributed by atoms with van der Waals surface area (Å²) >= 11 is 0. The van der Waals surface area contributed by atoms with Gasteiger partial charge in [-0.2, -0.15) is 0 Å². The second-order valence-corrected chi connectivity index (χ2v) is 6.17. The molecule has 0 spiro atoms. The fourth-order valence-electron chi connectivity index (χ4n) is 2.91. The molecule has 26 heavy (non-hydrogen) atoms. The van der Waals surface area contributed by atoms with Gasteiger partial charge in [0.05, 0.1) is 17.4 Å². The standard InChI is InChI=1S/C20H19N5O/c1-15(24-11-10-21-13-24)20(26)22-12-16-6-8-17(9-7-16)25-14-23-18-4-2-3-5-19(18)25/h2-11,13-15H,12H2,1H3,(H,22,26)/t15-/m1/s1. The predicted octanol–water partition coefficient (Wildman–Crippen LogP) is 3.10. The summed E-state index contributed by atoms with van der Waals surface area (Å²) in [6, 6.07) is 15.9. The third-order valence-electron chi connectivity index (χ3n) is 4.49. The van der Waals surface area contributed by atoms with Gasteiger partial charge in [-0.05, 0) is 36.8 Å². The molecule has 1 amide bonds. The number of carbonyl (C=O) groups excluding carboxylic acids is 1. The molecule has 0 saturated heterocycles. The Morgan fingerprint density at radius 2 is 1.92 bits per heavy atom. The molecule has 0 aliphatic heterocycles. The fourth-order valence-corrected chi connectivity index (χ4v) is 2.91. The van der Waals surface area contributed by atoms with Gasteiger partial charge >= 0.3 is 0 Å². The van der Waals surface area contributed by atoms with Crippen molar-refractivity contribution in [3.8, 4) is 5.69 Å². The summed E-state index contributed by atoms with van der Waals surface area (Å²) < 4.78 is 3.83. The van der Waals surface area contributed by atoms with Gasteiger partial charge in [0.15, 0.2) is 0 Å². The number of para-hydroxylation sites is 2. The van der Waals surface area contributed by atoms with E-state index in [0.29, 0.717) is 6.54 Å². The first-order valence-corrected chi connectivity index (χ1v) is 8.49. The van der Waals surface area contributed by atoms with Crippen LogP contribution in [0.1, 0.15) is 18.5 Å². The van der Waals surface area contributed by atoms with E-state index in [1.165, 1.54) is 0 Å². The molecular weight excluding hydrogens is 326 g/mol. The highest BCUT2D eigenvalue weighted by Gasteiger charge is 2.13. The summed E-state index contributed by atoms with van der Waals surface area (Å²) in [6.45, 7) is 2.34. The van der Waals surface area contributed by atoms with Gasteiger partial charge in [0.25, 0.3) is 0 Å². The molecule has 2 aromatic heterocycles. The maximum absolute atomic E-state index is 12.2. The highest BCUT2D eigenvalue weighted by molar-refractivity contribution is 5.80. The Labute approximate surface area is 151 Å². The summed E-state index contributed by atoms with van der Waals surface area (Å²) in [5.74, 6) is -0.0346. The molecule has 4 aromatic rings. The van der Waals surface area contributed by atoms with E-state index < -0.39 is 0 Å². The predicted molar refractivity (Wildman–Crippen MR) is 99.9 cm³/mol. The van der Waals surface area contributed by atoms with E-state index in [1.807, 2.05) is 61.8 Å². The Balaban J connectivity index is 1.44. The van der Waals surface area contributed by atoms with Gasteiger partial charge < -0.3 is 9.88 Å². The molecule has 0 bridgehead atoms. The molecule has 130 valence electrons. The van der Waals surface area contributed by atoms with Crippen LogP contribution >= 0.6 is 0 Å². The van der Waals surface area contributed by atoms with Crippen molar-refractivity contribution in [3.63, 3.8) is 0 Å². The number of nitrogens with one attached hydrogen (secondary N) is 1. The van der Waals surface area contributed by atoms with Crippen LogP contribution in [-0.4, -0.2) is 25.0 Å². The smallest absolute Gasteiger partial charge is 0.243 e. The Hall–Kier alpha value is -3.41. The minimum atomic E-state index is -0.283. The molecular formula is C20H19N5O. The zero-order chi connectivity index (χ0) is 17.9. The molecule has 0 aliphatic carbocycles.